The van der Waals surface area contributed by atoms with Gasteiger partial charge in [0.1, 0.15) is 5.75 Å². The van der Waals surface area contributed by atoms with Gasteiger partial charge in [-0.05, 0) is 42.8 Å². The number of nitrogens with two attached hydrogens (primary N) is 1. The number of halogens is 1. The predicted octanol–water partition coefficient (Wildman–Crippen LogP) is 1.32. The molecule has 0 bridgehead atoms. The molecule has 9 nitrogen and oxygen atoms in total. The molecule has 12 heteroatoms. The van der Waals surface area contributed by atoms with Crippen molar-refractivity contribution in [3.05, 3.63) is 53.1 Å². The minimum absolute atomic E-state index is 0.0441. The second-order valence-corrected chi connectivity index (χ2v) is 10.3. The van der Waals surface area contributed by atoms with Crippen molar-refractivity contribution in [1.29, 1.82) is 0 Å². The van der Waals surface area contributed by atoms with E-state index in [9.17, 15) is 21.6 Å². The van der Waals surface area contributed by atoms with E-state index in [0.717, 1.165) is 4.31 Å². The molecule has 0 saturated heterocycles. The summed E-state index contributed by atoms with van der Waals surface area (Å²) in [6.45, 7) is 1.84. The van der Waals surface area contributed by atoms with Gasteiger partial charge in [-0.2, -0.15) is 4.31 Å². The summed E-state index contributed by atoms with van der Waals surface area (Å²) in [5.41, 5.74) is 0.625. The fourth-order valence-corrected chi connectivity index (χ4v) is 4.40. The summed E-state index contributed by atoms with van der Waals surface area (Å²) in [6.07, 6.45) is 0. The lowest BCUT2D eigenvalue weighted by atomic mass is 10.2. The van der Waals surface area contributed by atoms with E-state index in [2.05, 4.69) is 5.32 Å². The first-order valence-electron chi connectivity index (χ1n) is 8.72. The van der Waals surface area contributed by atoms with E-state index >= 15 is 0 Å². The molecule has 1 amide bonds. The van der Waals surface area contributed by atoms with Crippen molar-refractivity contribution < 1.29 is 26.4 Å². The maximum absolute atomic E-state index is 12.7. The van der Waals surface area contributed by atoms with Gasteiger partial charge in [-0.15, -0.1) is 0 Å². The van der Waals surface area contributed by atoms with Crippen LogP contribution in [-0.4, -0.2) is 47.2 Å². The maximum Gasteiger partial charge on any atom is 0.243 e. The van der Waals surface area contributed by atoms with Gasteiger partial charge in [0, 0.05) is 13.6 Å². The van der Waals surface area contributed by atoms with E-state index in [1.807, 2.05) is 0 Å². The number of nitrogens with zero attached hydrogens (tertiary/aromatic N) is 1. The summed E-state index contributed by atoms with van der Waals surface area (Å²) in [5.74, 6) is -0.166. The van der Waals surface area contributed by atoms with Gasteiger partial charge in [0.15, 0.2) is 0 Å². The zero-order valence-electron chi connectivity index (χ0n) is 16.3. The van der Waals surface area contributed by atoms with E-state index in [1.165, 1.54) is 49.5 Å². The highest BCUT2D eigenvalue weighted by Gasteiger charge is 2.24. The smallest absolute Gasteiger partial charge is 0.243 e. The van der Waals surface area contributed by atoms with Crippen LogP contribution in [0.2, 0.25) is 5.02 Å². The van der Waals surface area contributed by atoms with Crippen LogP contribution in [0.3, 0.4) is 0 Å². The fraction of sp³-hybridized carbons (Fsp3) is 0.278. The Balaban J connectivity index is 2.00. The van der Waals surface area contributed by atoms with Crippen LogP contribution in [0.5, 0.6) is 5.75 Å². The zero-order chi connectivity index (χ0) is 22.5. The Kier molecular flexibility index (Phi) is 7.83. The Morgan fingerprint density at radius 3 is 2.23 bits per heavy atom. The standard InChI is InChI=1S/C18H22ClN3O6S2/c1-3-28-17-9-8-15(10-16(17)19)30(26,27)22(2)12-18(23)21-11-13-4-6-14(7-5-13)29(20,24)25/h4-10H,3,11-12H2,1-2H3,(H,21,23)(H2,20,24,25). The number of ether oxygens (including phenoxy) is 1. The summed E-state index contributed by atoms with van der Waals surface area (Å²) in [6, 6.07) is 9.73. The number of benzene rings is 2. The monoisotopic (exact) mass is 475 g/mol. The van der Waals surface area contributed by atoms with Crippen molar-refractivity contribution in [2.24, 2.45) is 5.14 Å². The highest BCUT2D eigenvalue weighted by molar-refractivity contribution is 7.89. The molecule has 0 heterocycles. The fourth-order valence-electron chi connectivity index (χ4n) is 2.44. The van der Waals surface area contributed by atoms with Crippen molar-refractivity contribution in [2.75, 3.05) is 20.2 Å². The first-order chi connectivity index (χ1) is 13.9. The number of nitrogens with one attached hydrogen (secondary N) is 1. The Bertz CT molecular complexity index is 1120. The molecule has 0 aliphatic heterocycles. The summed E-state index contributed by atoms with van der Waals surface area (Å²) in [4.78, 5) is 12.0. The number of sulfonamides is 2. The van der Waals surface area contributed by atoms with E-state index in [0.29, 0.717) is 17.9 Å². The summed E-state index contributed by atoms with van der Waals surface area (Å²) >= 11 is 6.05. The largest absolute Gasteiger partial charge is 0.492 e. The number of carbonyl (C=O) groups excluding carboxylic acids is 1. The molecule has 3 N–H and O–H groups in total. The molecule has 0 saturated carbocycles. The minimum Gasteiger partial charge on any atom is -0.492 e. The number of carbonyl (C=O) groups is 1. The van der Waals surface area contributed by atoms with Gasteiger partial charge in [-0.25, -0.2) is 22.0 Å². The highest BCUT2D eigenvalue weighted by Crippen LogP contribution is 2.28. The molecular weight excluding hydrogens is 454 g/mol. The summed E-state index contributed by atoms with van der Waals surface area (Å²) in [7, 11) is -6.46. The molecular formula is C18H22ClN3O6S2. The van der Waals surface area contributed by atoms with Crippen LogP contribution < -0.4 is 15.2 Å². The molecule has 0 radical (unpaired) electrons. The van der Waals surface area contributed by atoms with Crippen molar-refractivity contribution >= 4 is 37.6 Å². The van der Waals surface area contributed by atoms with Gasteiger partial charge in [0.05, 0.1) is 28.0 Å². The third-order valence-corrected chi connectivity index (χ3v) is 7.04. The molecule has 2 aromatic carbocycles. The average Bonchev–Trinajstić information content (AvgIpc) is 2.67. The second-order valence-electron chi connectivity index (χ2n) is 6.25. The number of hydrogen-bond acceptors (Lipinski definition) is 6. The topological polar surface area (TPSA) is 136 Å². The van der Waals surface area contributed by atoms with Crippen molar-refractivity contribution in [3.8, 4) is 5.75 Å². The molecule has 2 rings (SSSR count). The highest BCUT2D eigenvalue weighted by atomic mass is 35.5. The predicted molar refractivity (Wildman–Crippen MR) is 112 cm³/mol. The van der Waals surface area contributed by atoms with Gasteiger partial charge >= 0.3 is 0 Å². The average molecular weight is 476 g/mol. The van der Waals surface area contributed by atoms with Gasteiger partial charge in [-0.1, -0.05) is 23.7 Å². The van der Waals surface area contributed by atoms with Crippen LogP contribution in [0, 0.1) is 0 Å². The molecule has 164 valence electrons. The van der Waals surface area contributed by atoms with Crippen LogP contribution in [0.25, 0.3) is 0 Å². The molecule has 0 spiro atoms. The van der Waals surface area contributed by atoms with Gasteiger partial charge in [0.25, 0.3) is 0 Å². The minimum atomic E-state index is -3.94. The molecule has 2 aromatic rings. The SMILES string of the molecule is CCOc1ccc(S(=O)(=O)N(C)CC(=O)NCc2ccc(S(N)(=O)=O)cc2)cc1Cl. The van der Waals surface area contributed by atoms with E-state index < -0.39 is 32.5 Å². The maximum atomic E-state index is 12.7. The number of likely N-dealkylation sites (N-methyl/N-ethyl adjacent to an activating group) is 1. The molecule has 0 aliphatic carbocycles. The number of hydrogen-bond donors (Lipinski definition) is 2. The van der Waals surface area contributed by atoms with E-state index in [-0.39, 0.29) is 21.4 Å². The van der Waals surface area contributed by atoms with Crippen LogP contribution in [-0.2, 0) is 31.4 Å². The van der Waals surface area contributed by atoms with Crippen LogP contribution in [0.4, 0.5) is 0 Å². The first kappa shape index (κ1) is 24.1. The Labute approximate surface area is 180 Å². The van der Waals surface area contributed by atoms with E-state index in [4.69, 9.17) is 21.5 Å². The normalized spacial score (nSPS) is 12.0. The Morgan fingerprint density at radius 2 is 1.70 bits per heavy atom. The van der Waals surface area contributed by atoms with Crippen LogP contribution >= 0.6 is 11.6 Å². The number of primary sulfonamides is 1. The number of amides is 1. The lowest BCUT2D eigenvalue weighted by molar-refractivity contribution is -0.121. The second kappa shape index (κ2) is 9.75. The van der Waals surface area contributed by atoms with Gasteiger partial charge in [0.2, 0.25) is 26.0 Å². The molecule has 30 heavy (non-hydrogen) atoms. The first-order valence-corrected chi connectivity index (χ1v) is 12.1. The Hall–Kier alpha value is -2.18. The summed E-state index contributed by atoms with van der Waals surface area (Å²) in [5, 5.41) is 7.76. The molecule has 0 atom stereocenters. The lowest BCUT2D eigenvalue weighted by Gasteiger charge is -2.17. The van der Waals surface area contributed by atoms with Gasteiger partial charge < -0.3 is 10.1 Å². The molecule has 0 fully saturated rings. The number of rotatable bonds is 9. The lowest BCUT2D eigenvalue weighted by Crippen LogP contribution is -2.38. The summed E-state index contributed by atoms with van der Waals surface area (Å²) < 4.78 is 54.0. The molecule has 0 aromatic heterocycles. The Morgan fingerprint density at radius 1 is 1.10 bits per heavy atom. The quantitative estimate of drug-likeness (QED) is 0.561. The van der Waals surface area contributed by atoms with Crippen molar-refractivity contribution in [3.63, 3.8) is 0 Å². The third kappa shape index (κ3) is 6.16. The van der Waals surface area contributed by atoms with Crippen LogP contribution in [0.15, 0.2) is 52.3 Å². The van der Waals surface area contributed by atoms with Crippen molar-refractivity contribution in [1.82, 2.24) is 9.62 Å². The zero-order valence-corrected chi connectivity index (χ0v) is 18.7. The van der Waals surface area contributed by atoms with Crippen molar-refractivity contribution in [2.45, 2.75) is 23.3 Å². The van der Waals surface area contributed by atoms with Crippen LogP contribution in [0.1, 0.15) is 12.5 Å². The molecule has 0 aliphatic rings. The van der Waals surface area contributed by atoms with Gasteiger partial charge in [-0.3, -0.25) is 4.79 Å². The third-order valence-electron chi connectivity index (χ3n) is 4.02. The molecule has 0 unspecified atom stereocenters. The van der Waals surface area contributed by atoms with E-state index in [1.54, 1.807) is 6.92 Å².